The lowest BCUT2D eigenvalue weighted by Crippen LogP contribution is -2.27. The summed E-state index contributed by atoms with van der Waals surface area (Å²) in [7, 11) is 1.00. The van der Waals surface area contributed by atoms with E-state index in [0.717, 1.165) is 25.6 Å². The number of benzene rings is 2. The second-order valence-electron chi connectivity index (χ2n) is 5.27. The quantitative estimate of drug-likeness (QED) is 0.754. The Kier molecular flexibility index (Phi) is 14.7. The number of nitriles is 1. The molecular formula is C22H32N2O2. The molecule has 0 fully saturated rings. The van der Waals surface area contributed by atoms with Crippen molar-refractivity contribution in [1.29, 1.82) is 5.26 Å². The van der Waals surface area contributed by atoms with Gasteiger partial charge in [-0.25, -0.2) is 0 Å². The number of nitrogens with zero attached hydrogens (tertiary/aromatic N) is 2. The van der Waals surface area contributed by atoms with Crippen LogP contribution in [0.1, 0.15) is 31.4 Å². The number of aliphatic hydroxyl groups excluding tert-OH is 2. The molecule has 4 heteroatoms. The molecule has 0 bridgehead atoms. The van der Waals surface area contributed by atoms with Crippen molar-refractivity contribution in [2.75, 3.05) is 31.7 Å². The van der Waals surface area contributed by atoms with Crippen LogP contribution < -0.4 is 4.90 Å². The molecule has 0 radical (unpaired) electrons. The van der Waals surface area contributed by atoms with Crippen LogP contribution in [0.3, 0.4) is 0 Å². The molecule has 0 amide bonds. The fourth-order valence-corrected chi connectivity index (χ4v) is 2.48. The highest BCUT2D eigenvalue weighted by Gasteiger charge is 2.05. The normalized spacial score (nSPS) is 9.08. The van der Waals surface area contributed by atoms with Crippen LogP contribution in [-0.2, 0) is 12.8 Å². The smallest absolute Gasteiger partial charge is 0.0640 e. The third-order valence-electron chi connectivity index (χ3n) is 3.71. The molecule has 0 saturated carbocycles. The zero-order valence-electron chi connectivity index (χ0n) is 16.2. The topological polar surface area (TPSA) is 67.5 Å². The summed E-state index contributed by atoms with van der Waals surface area (Å²) in [5, 5.41) is 24.9. The third-order valence-corrected chi connectivity index (χ3v) is 3.71. The van der Waals surface area contributed by atoms with Crippen molar-refractivity contribution in [2.45, 2.75) is 33.1 Å². The van der Waals surface area contributed by atoms with Crippen molar-refractivity contribution in [1.82, 2.24) is 0 Å². The minimum atomic E-state index is 0.0984. The van der Waals surface area contributed by atoms with Crippen molar-refractivity contribution in [3.8, 4) is 6.07 Å². The van der Waals surface area contributed by atoms with Gasteiger partial charge in [0.2, 0.25) is 0 Å². The molecular weight excluding hydrogens is 324 g/mol. The van der Waals surface area contributed by atoms with Gasteiger partial charge in [-0.3, -0.25) is 0 Å². The van der Waals surface area contributed by atoms with Gasteiger partial charge in [0.1, 0.15) is 0 Å². The number of hydrogen-bond donors (Lipinski definition) is 2. The summed E-state index contributed by atoms with van der Waals surface area (Å²) in [4.78, 5) is 2.05. The highest BCUT2D eigenvalue weighted by molar-refractivity contribution is 5.47. The van der Waals surface area contributed by atoms with E-state index in [-0.39, 0.29) is 6.61 Å². The fourth-order valence-electron chi connectivity index (χ4n) is 2.48. The van der Waals surface area contributed by atoms with Crippen molar-refractivity contribution in [3.63, 3.8) is 0 Å². The lowest BCUT2D eigenvalue weighted by molar-refractivity contribution is 0.302. The molecule has 0 unspecified atom stereocenters. The number of hydrogen-bond acceptors (Lipinski definition) is 4. The summed E-state index contributed by atoms with van der Waals surface area (Å²) in [5.74, 6) is 0. The van der Waals surface area contributed by atoms with E-state index in [1.54, 1.807) is 0 Å². The maximum Gasteiger partial charge on any atom is 0.0640 e. The first-order chi connectivity index (χ1) is 12.8. The Morgan fingerprint density at radius 1 is 0.846 bits per heavy atom. The zero-order valence-corrected chi connectivity index (χ0v) is 16.2. The Morgan fingerprint density at radius 2 is 1.38 bits per heavy atom. The molecule has 0 aliphatic heterocycles. The molecule has 2 aromatic carbocycles. The maximum atomic E-state index is 9.14. The van der Waals surface area contributed by atoms with Crippen LogP contribution in [0.25, 0.3) is 0 Å². The van der Waals surface area contributed by atoms with Gasteiger partial charge in [0.05, 0.1) is 19.1 Å². The van der Waals surface area contributed by atoms with Crippen molar-refractivity contribution in [2.24, 2.45) is 0 Å². The number of aliphatic hydroxyl groups is 2. The monoisotopic (exact) mass is 356 g/mol. The highest BCUT2D eigenvalue weighted by Crippen LogP contribution is 2.17. The van der Waals surface area contributed by atoms with Crippen molar-refractivity contribution < 1.29 is 10.2 Å². The first-order valence-electron chi connectivity index (χ1n) is 9.14. The Hall–Kier alpha value is -2.35. The maximum absolute atomic E-state index is 9.14. The fraction of sp³-hybridized carbons (Fsp3) is 0.409. The standard InChI is InChI=1S/C19H22N2O.C2H6.CH4O/c20-13-4-14-21(15-16-22)19-11-9-18(10-12-19)8-7-17-5-2-1-3-6-17;2*1-2/h1-3,5-6,9-12,22H,4,7-8,14-16H2;1-2H3;2H,1H3. The van der Waals surface area contributed by atoms with Gasteiger partial charge in [-0.1, -0.05) is 56.3 Å². The van der Waals surface area contributed by atoms with E-state index in [1.807, 2.05) is 24.8 Å². The molecule has 0 aromatic heterocycles. The van der Waals surface area contributed by atoms with Gasteiger partial charge in [0.25, 0.3) is 0 Å². The molecule has 0 atom stereocenters. The van der Waals surface area contributed by atoms with E-state index >= 15 is 0 Å². The largest absolute Gasteiger partial charge is 0.400 e. The van der Waals surface area contributed by atoms with Crippen LogP contribution in [0.15, 0.2) is 54.6 Å². The summed E-state index contributed by atoms with van der Waals surface area (Å²) in [6.07, 6.45) is 2.52. The predicted octanol–water partition coefficient (Wildman–Crippen LogP) is 3.82. The molecule has 142 valence electrons. The highest BCUT2D eigenvalue weighted by atomic mass is 16.3. The summed E-state index contributed by atoms with van der Waals surface area (Å²) >= 11 is 0. The van der Waals surface area contributed by atoms with Crippen LogP contribution in [0.5, 0.6) is 0 Å². The third kappa shape index (κ3) is 9.22. The van der Waals surface area contributed by atoms with E-state index in [2.05, 4.69) is 54.6 Å². The minimum Gasteiger partial charge on any atom is -0.400 e. The molecule has 0 aliphatic rings. The second kappa shape index (κ2) is 16.1. The van der Waals surface area contributed by atoms with E-state index in [0.29, 0.717) is 19.5 Å². The molecule has 0 heterocycles. The molecule has 2 N–H and O–H groups in total. The Bertz CT molecular complexity index is 592. The van der Waals surface area contributed by atoms with E-state index < -0.39 is 0 Å². The van der Waals surface area contributed by atoms with Gasteiger partial charge < -0.3 is 15.1 Å². The van der Waals surface area contributed by atoms with Crippen LogP contribution in [0.2, 0.25) is 0 Å². The van der Waals surface area contributed by atoms with Crippen LogP contribution in [0, 0.1) is 11.3 Å². The molecule has 2 aromatic rings. The number of aryl methyl sites for hydroxylation is 2. The Morgan fingerprint density at radius 3 is 1.88 bits per heavy atom. The average Bonchev–Trinajstić information content (AvgIpc) is 2.74. The summed E-state index contributed by atoms with van der Waals surface area (Å²) < 4.78 is 0. The van der Waals surface area contributed by atoms with E-state index in [9.17, 15) is 0 Å². The average molecular weight is 357 g/mol. The lowest BCUT2D eigenvalue weighted by Gasteiger charge is -2.23. The first kappa shape index (κ1) is 23.7. The SMILES string of the molecule is CC.CO.N#CCCN(CCO)c1ccc(CCc2ccccc2)cc1. The van der Waals surface area contributed by atoms with Crippen molar-refractivity contribution in [3.05, 3.63) is 65.7 Å². The Balaban J connectivity index is 0.00000146. The zero-order chi connectivity index (χ0) is 19.6. The van der Waals surface area contributed by atoms with Gasteiger partial charge >= 0.3 is 0 Å². The van der Waals surface area contributed by atoms with Crippen LogP contribution in [-0.4, -0.2) is 37.0 Å². The molecule has 0 saturated heterocycles. The minimum absolute atomic E-state index is 0.0984. The molecule has 2 rings (SSSR count). The predicted molar refractivity (Wildman–Crippen MR) is 109 cm³/mol. The second-order valence-corrected chi connectivity index (χ2v) is 5.27. The van der Waals surface area contributed by atoms with Gasteiger partial charge in [-0.05, 0) is 36.1 Å². The van der Waals surface area contributed by atoms with Crippen LogP contribution in [0.4, 0.5) is 5.69 Å². The van der Waals surface area contributed by atoms with Crippen LogP contribution >= 0.6 is 0 Å². The Labute approximate surface area is 158 Å². The van der Waals surface area contributed by atoms with E-state index in [1.165, 1.54) is 11.1 Å². The van der Waals surface area contributed by atoms with Gasteiger partial charge in [0, 0.05) is 25.9 Å². The number of rotatable bonds is 8. The molecule has 0 spiro atoms. The van der Waals surface area contributed by atoms with E-state index in [4.69, 9.17) is 15.5 Å². The first-order valence-corrected chi connectivity index (χ1v) is 9.14. The number of anilines is 1. The van der Waals surface area contributed by atoms with Crippen molar-refractivity contribution >= 4 is 5.69 Å². The summed E-state index contributed by atoms with van der Waals surface area (Å²) in [6, 6.07) is 21.1. The molecule has 0 aliphatic carbocycles. The molecule has 4 nitrogen and oxygen atoms in total. The van der Waals surface area contributed by atoms with Gasteiger partial charge in [-0.15, -0.1) is 0 Å². The molecule has 26 heavy (non-hydrogen) atoms. The van der Waals surface area contributed by atoms with Gasteiger partial charge in [0.15, 0.2) is 0 Å². The summed E-state index contributed by atoms with van der Waals surface area (Å²) in [6.45, 7) is 5.31. The van der Waals surface area contributed by atoms with Gasteiger partial charge in [-0.2, -0.15) is 5.26 Å². The summed E-state index contributed by atoms with van der Waals surface area (Å²) in [5.41, 5.74) is 3.71. The lowest BCUT2D eigenvalue weighted by atomic mass is 10.0.